The van der Waals surface area contributed by atoms with Crippen LogP contribution in [0.4, 0.5) is 0 Å². The maximum Gasteiger partial charge on any atom is 0.312 e. The molecule has 134 heavy (non-hydrogen) atoms. The van der Waals surface area contributed by atoms with Gasteiger partial charge in [-0.05, 0) is 396 Å². The second kappa shape index (κ2) is 38.0. The average Bonchev–Trinajstić information content (AvgIpc) is 1.54. The summed E-state index contributed by atoms with van der Waals surface area (Å²) in [6.07, 6.45) is 27.5. The van der Waals surface area contributed by atoms with Crippen molar-refractivity contribution < 1.29 is 95.9 Å². The van der Waals surface area contributed by atoms with Crippen molar-refractivity contribution in [2.24, 2.45) is 115 Å². The number of phenolic OH excluding ortho intramolecular Hbond substituents is 2. The van der Waals surface area contributed by atoms with Crippen LogP contribution in [0.5, 0.6) is 11.5 Å². The van der Waals surface area contributed by atoms with Crippen LogP contribution in [-0.2, 0) is 85.7 Å². The van der Waals surface area contributed by atoms with Gasteiger partial charge in [-0.2, -0.15) is 0 Å². The van der Waals surface area contributed by atoms with Crippen molar-refractivity contribution in [3.8, 4) is 11.5 Å². The summed E-state index contributed by atoms with van der Waals surface area (Å²) in [5.74, 6) is 8.69. The van der Waals surface area contributed by atoms with Crippen LogP contribution in [0.1, 0.15) is 368 Å². The molecule has 10 aliphatic carbocycles. The van der Waals surface area contributed by atoms with Crippen molar-refractivity contribution in [3.63, 3.8) is 0 Å². The molecule has 16 fully saturated rings. The predicted molar refractivity (Wildman–Crippen MR) is 516 cm³/mol. The zero-order valence-corrected chi connectivity index (χ0v) is 82.7. The highest BCUT2D eigenvalue weighted by molar-refractivity contribution is 5.87. The van der Waals surface area contributed by atoms with Gasteiger partial charge in [0.15, 0.2) is 24.4 Å². The summed E-state index contributed by atoms with van der Waals surface area (Å²) in [5, 5.41) is 23.8. The normalized spacial score (nSPS) is 35.4. The number of rotatable bonds is 30. The maximum absolute atomic E-state index is 14.2. The van der Waals surface area contributed by atoms with E-state index in [-0.39, 0.29) is 116 Å². The van der Waals surface area contributed by atoms with Crippen molar-refractivity contribution in [1.82, 2.24) is 0 Å². The van der Waals surface area contributed by atoms with Gasteiger partial charge in [-0.25, -0.2) is 0 Å². The summed E-state index contributed by atoms with van der Waals surface area (Å²) in [6.45, 7) is 36.4. The Morgan fingerprint density at radius 2 is 0.769 bits per heavy atom. The van der Waals surface area contributed by atoms with Crippen LogP contribution in [0.25, 0.3) is 21.5 Å². The van der Waals surface area contributed by atoms with Gasteiger partial charge >= 0.3 is 47.8 Å². The van der Waals surface area contributed by atoms with Crippen molar-refractivity contribution in [2.45, 2.75) is 428 Å². The van der Waals surface area contributed by atoms with E-state index in [2.05, 4.69) is 91.8 Å². The highest BCUT2D eigenvalue weighted by Gasteiger charge is 2.72. The summed E-state index contributed by atoms with van der Waals surface area (Å²) < 4.78 is 59.8. The first-order valence-corrected chi connectivity index (χ1v) is 52.1. The molecular formula is C114H164O20. The van der Waals surface area contributed by atoms with Crippen LogP contribution >= 0.6 is 0 Å². The lowest BCUT2D eigenvalue weighted by atomic mass is 9.64. The van der Waals surface area contributed by atoms with Gasteiger partial charge in [0.05, 0.1) is 56.5 Å². The van der Waals surface area contributed by atoms with E-state index in [1.54, 1.807) is 32.9 Å². The predicted octanol–water partition coefficient (Wildman–Crippen LogP) is 24.4. The zero-order chi connectivity index (χ0) is 94.3. The molecule has 20 heteroatoms. The lowest BCUT2D eigenvalue weighted by Crippen LogP contribution is -2.51. The molecule has 0 radical (unpaired) electrons. The van der Waals surface area contributed by atoms with Gasteiger partial charge in [0.25, 0.3) is 0 Å². The number of aromatic hydroxyl groups is 2. The first-order valence-electron chi connectivity index (χ1n) is 52.1. The van der Waals surface area contributed by atoms with E-state index in [0.29, 0.717) is 80.1 Å². The number of carbonyl (C=O) groups excluding carboxylic acids is 8. The Morgan fingerprint density at radius 1 is 0.410 bits per heavy atom. The molecule has 740 valence electrons. The molecule has 10 saturated carbocycles. The molecule has 6 heterocycles. The molecule has 20 rings (SSSR count). The van der Waals surface area contributed by atoms with Crippen molar-refractivity contribution in [2.75, 3.05) is 0 Å². The van der Waals surface area contributed by atoms with Crippen molar-refractivity contribution in [1.29, 1.82) is 0 Å². The fourth-order valence-electron chi connectivity index (χ4n) is 30.6. The molecule has 16 aliphatic rings. The fraction of sp³-hybridized carbons (Fsp3) is 0.754. The third-order valence-electron chi connectivity index (χ3n) is 38.4. The van der Waals surface area contributed by atoms with Crippen LogP contribution in [0.3, 0.4) is 0 Å². The van der Waals surface area contributed by atoms with E-state index in [1.165, 1.54) is 73.3 Å². The number of ether oxygens (including phenoxy) is 10. The highest BCUT2D eigenvalue weighted by Crippen LogP contribution is 2.73. The molecule has 12 bridgehead atoms. The van der Waals surface area contributed by atoms with E-state index in [4.69, 9.17) is 47.4 Å². The zero-order valence-electron chi connectivity index (χ0n) is 82.7. The van der Waals surface area contributed by atoms with Crippen LogP contribution in [0, 0.1) is 115 Å². The van der Waals surface area contributed by atoms with Gasteiger partial charge in [0, 0.05) is 11.8 Å². The summed E-state index contributed by atoms with van der Waals surface area (Å²) in [7, 11) is 0. The van der Waals surface area contributed by atoms with E-state index in [9.17, 15) is 48.6 Å². The number of esters is 8. The molecule has 0 aromatic heterocycles. The number of benzene rings is 4. The molecule has 20 nitrogen and oxygen atoms in total. The second-order valence-corrected chi connectivity index (χ2v) is 47.7. The van der Waals surface area contributed by atoms with Gasteiger partial charge in [-0.1, -0.05) is 126 Å². The van der Waals surface area contributed by atoms with E-state index in [0.717, 1.165) is 173 Å². The number of hydrogen-bond donors (Lipinski definition) is 2. The minimum atomic E-state index is -1.01. The quantitative estimate of drug-likeness (QED) is 0.0279. The Balaban J connectivity index is 0.000000138. The fourth-order valence-corrected chi connectivity index (χ4v) is 30.6. The van der Waals surface area contributed by atoms with E-state index >= 15 is 0 Å². The number of phenols is 2. The standard InChI is InChI=1S/C38H58O4.C26H26O2.C24H30O10.C24H42O4.2CH4/c1-7-36(6,34(40)42-38(9-3)19-26-17-28(38)32-24-13-11-22(15-24)30(26)32)20-35(4,5)33(39)41-37(8-2)18-25-16-27(37)31-23-12-10-21(14-23)29(25)31;1-3-18(20-6-7-24-16-26(28)11-9-22(24)14-20)12-17(2)19-4-5-23-15-25(27)10-8-21(23)13-19;1-5-24(4,22(28)34-16-12-7-10-14(30-12)18(16)32-20(10)26)8-23(2,3)21(27)33-15-11-6-9-13(29-11)17(15)31-19(9)25;1-7-22(6,20(26)28-24(9-3)16-12-13-17-24)18-21(4,5)19(25)27-23(8-2)14-10-11-15-23;;/h21-32H,7-20H2,1-6H3;4-11,13-18,27-28H,3,12H2,1-2H3;9-18H,5-8H2,1-4H3;7-18H2,1-6H3;2*1H4. The molecular weight excluding hydrogens is 1690 g/mol. The SMILES string of the molecule is C.C.CCC(C)(CC(C)(C)C(=O)OC1(CC)CC2CC1C1C3CCC(C3)C21)C(=O)OC1(CC)CC2CC1C1C3CCC(C3)C21.CCC(C)(CC(C)(C)C(=O)OC1C2CC3C(=O)OC1C3O2)C(=O)OC1C2CC3C(=O)OC1C3O2.CCC(CC(C)c1ccc2cc(O)ccc2c1)c1ccc2cc(O)ccc2c1.CCC1(OC(=O)C(C)(C)CC(C)(CC)C(=O)OC2(CC)CCCC2)CCCC1. The molecule has 29 atom stereocenters. The Kier molecular flexibility index (Phi) is 28.7. The second-order valence-electron chi connectivity index (χ2n) is 47.7. The largest absolute Gasteiger partial charge is 0.508 e. The number of carbonyl (C=O) groups is 8. The summed E-state index contributed by atoms with van der Waals surface area (Å²) in [5.41, 5.74) is -3.28. The van der Waals surface area contributed by atoms with Crippen LogP contribution in [-0.4, -0.2) is 129 Å². The third kappa shape index (κ3) is 18.2. The van der Waals surface area contributed by atoms with Gasteiger partial charge in [0.2, 0.25) is 0 Å². The first kappa shape index (κ1) is 101. The average molecular weight is 1850 g/mol. The van der Waals surface area contributed by atoms with E-state index in [1.807, 2.05) is 72.7 Å². The Labute approximate surface area is 799 Å². The Bertz CT molecular complexity index is 4990. The van der Waals surface area contributed by atoms with Crippen molar-refractivity contribution >= 4 is 69.3 Å². The minimum absolute atomic E-state index is 0. The number of fused-ring (bicyclic) bond motifs is 22. The highest BCUT2D eigenvalue weighted by atomic mass is 16.7. The Hall–Kier alpha value is -7.32. The number of hydrogen-bond acceptors (Lipinski definition) is 20. The smallest absolute Gasteiger partial charge is 0.312 e. The first-order chi connectivity index (χ1) is 62.6. The molecule has 0 amide bonds. The molecule has 2 N–H and O–H groups in total. The lowest BCUT2D eigenvalue weighted by molar-refractivity contribution is -0.192. The Morgan fingerprint density at radius 3 is 1.19 bits per heavy atom. The molecule has 4 aromatic carbocycles. The lowest BCUT2D eigenvalue weighted by Gasteiger charge is -2.48. The summed E-state index contributed by atoms with van der Waals surface area (Å²) in [4.78, 5) is 105. The van der Waals surface area contributed by atoms with Crippen LogP contribution in [0.2, 0.25) is 0 Å². The summed E-state index contributed by atoms with van der Waals surface area (Å²) >= 11 is 0. The van der Waals surface area contributed by atoms with Gasteiger partial charge in [-0.15, -0.1) is 0 Å². The topological polar surface area (TPSA) is 269 Å². The molecule has 6 saturated heterocycles. The van der Waals surface area contributed by atoms with Crippen LogP contribution in [0.15, 0.2) is 72.8 Å². The van der Waals surface area contributed by atoms with Gasteiger partial charge in [-0.3, -0.25) is 38.4 Å². The molecule has 4 aromatic rings. The monoisotopic (exact) mass is 1850 g/mol. The van der Waals surface area contributed by atoms with Crippen molar-refractivity contribution in [3.05, 3.63) is 83.9 Å². The maximum atomic E-state index is 14.2. The van der Waals surface area contributed by atoms with Gasteiger partial charge in [0.1, 0.15) is 46.1 Å². The van der Waals surface area contributed by atoms with Crippen LogP contribution < -0.4 is 0 Å². The molecule has 0 spiro atoms. The minimum Gasteiger partial charge on any atom is -0.508 e. The van der Waals surface area contributed by atoms with E-state index < -0.39 is 68.8 Å². The third-order valence-corrected chi connectivity index (χ3v) is 38.4. The molecule has 29 unspecified atom stereocenters. The summed E-state index contributed by atoms with van der Waals surface area (Å²) in [6, 6.07) is 24.2. The molecule has 6 aliphatic heterocycles. The van der Waals surface area contributed by atoms with Gasteiger partial charge < -0.3 is 57.6 Å².